The molecular weight excluding hydrogens is 495 g/mol. The van der Waals surface area contributed by atoms with Crippen molar-refractivity contribution in [1.29, 1.82) is 0 Å². The number of ether oxygens (including phenoxy) is 1. The van der Waals surface area contributed by atoms with Crippen LogP contribution in [0.3, 0.4) is 0 Å². The van der Waals surface area contributed by atoms with Crippen LogP contribution in [0.2, 0.25) is 15.1 Å². The molecule has 4 nitrogen and oxygen atoms in total. The maximum atomic E-state index is 12.4. The van der Waals surface area contributed by atoms with Crippen LogP contribution in [0.25, 0.3) is 0 Å². The predicted molar refractivity (Wildman–Crippen MR) is 120 cm³/mol. The topological polar surface area (TPSA) is 50.4 Å². The lowest BCUT2D eigenvalue weighted by Crippen LogP contribution is -2.34. The molecule has 0 spiro atoms. The molecule has 0 atom stereocenters. The van der Waals surface area contributed by atoms with Crippen LogP contribution in [0.5, 0.6) is 5.75 Å². The molecule has 9 heteroatoms. The number of unbranched alkanes of at least 4 members (excludes halogenated alkanes) is 1. The van der Waals surface area contributed by atoms with E-state index in [9.17, 15) is 4.79 Å². The monoisotopic (exact) mass is 508 g/mol. The van der Waals surface area contributed by atoms with Gasteiger partial charge in [0, 0.05) is 5.56 Å². The van der Waals surface area contributed by atoms with Crippen molar-refractivity contribution in [3.05, 3.63) is 55.4 Å². The van der Waals surface area contributed by atoms with Gasteiger partial charge in [-0.25, -0.2) is 0 Å². The Bertz CT molecular complexity index is 865. The molecular formula is C18H16BrCl3N2O2S. The molecule has 0 fully saturated rings. The van der Waals surface area contributed by atoms with Crippen LogP contribution in [-0.2, 0) is 0 Å². The molecule has 1 amide bonds. The molecule has 0 heterocycles. The van der Waals surface area contributed by atoms with Crippen molar-refractivity contribution in [1.82, 2.24) is 5.32 Å². The first-order valence-corrected chi connectivity index (χ1v) is 10.3. The minimum Gasteiger partial charge on any atom is -0.492 e. The smallest absolute Gasteiger partial charge is 0.257 e. The Morgan fingerprint density at radius 3 is 2.52 bits per heavy atom. The summed E-state index contributed by atoms with van der Waals surface area (Å²) >= 11 is 26.5. The quantitative estimate of drug-likeness (QED) is 0.257. The van der Waals surface area contributed by atoms with Gasteiger partial charge in [0.25, 0.3) is 5.91 Å². The van der Waals surface area contributed by atoms with Crippen molar-refractivity contribution in [3.63, 3.8) is 0 Å². The number of hydrogen-bond donors (Lipinski definition) is 2. The third kappa shape index (κ3) is 6.50. The fraction of sp³-hybridized carbons (Fsp3) is 0.222. The molecule has 0 aliphatic carbocycles. The van der Waals surface area contributed by atoms with Crippen LogP contribution < -0.4 is 15.4 Å². The van der Waals surface area contributed by atoms with Crippen molar-refractivity contribution in [3.8, 4) is 5.75 Å². The van der Waals surface area contributed by atoms with Gasteiger partial charge < -0.3 is 10.1 Å². The number of thiocarbonyl (C=S) groups is 1. The highest BCUT2D eigenvalue weighted by molar-refractivity contribution is 9.10. The van der Waals surface area contributed by atoms with Crippen molar-refractivity contribution in [2.75, 3.05) is 11.9 Å². The van der Waals surface area contributed by atoms with Gasteiger partial charge in [0.1, 0.15) is 5.75 Å². The second-order valence-corrected chi connectivity index (χ2v) is 7.99. The maximum Gasteiger partial charge on any atom is 0.257 e. The van der Waals surface area contributed by atoms with Gasteiger partial charge in [-0.2, -0.15) is 0 Å². The molecule has 0 aromatic heterocycles. The van der Waals surface area contributed by atoms with E-state index in [0.29, 0.717) is 43.1 Å². The summed E-state index contributed by atoms with van der Waals surface area (Å²) in [6.45, 7) is 2.72. The first kappa shape index (κ1) is 22.2. The lowest BCUT2D eigenvalue weighted by atomic mass is 10.2. The first-order chi connectivity index (χ1) is 12.8. The van der Waals surface area contributed by atoms with Gasteiger partial charge in [-0.1, -0.05) is 48.1 Å². The van der Waals surface area contributed by atoms with E-state index in [2.05, 4.69) is 33.5 Å². The van der Waals surface area contributed by atoms with Gasteiger partial charge in [0.05, 0.1) is 31.8 Å². The maximum absolute atomic E-state index is 12.4. The summed E-state index contributed by atoms with van der Waals surface area (Å²) in [7, 11) is 0. The van der Waals surface area contributed by atoms with Crippen LogP contribution in [0.1, 0.15) is 30.1 Å². The predicted octanol–water partition coefficient (Wildman–Crippen LogP) is 6.72. The Morgan fingerprint density at radius 2 is 1.85 bits per heavy atom. The minimum absolute atomic E-state index is 0.0830. The summed E-state index contributed by atoms with van der Waals surface area (Å²) in [4.78, 5) is 12.4. The molecule has 0 bridgehead atoms. The fourth-order valence-corrected chi connectivity index (χ4v) is 3.32. The van der Waals surface area contributed by atoms with E-state index in [1.165, 1.54) is 12.1 Å². The summed E-state index contributed by atoms with van der Waals surface area (Å²) < 4.78 is 6.34. The number of carbonyl (C=O) groups is 1. The molecule has 0 saturated heterocycles. The van der Waals surface area contributed by atoms with Crippen molar-refractivity contribution < 1.29 is 9.53 Å². The lowest BCUT2D eigenvalue weighted by Gasteiger charge is -2.13. The lowest BCUT2D eigenvalue weighted by molar-refractivity contribution is 0.0977. The molecule has 2 N–H and O–H groups in total. The van der Waals surface area contributed by atoms with E-state index in [1.807, 2.05) is 0 Å². The van der Waals surface area contributed by atoms with Crippen molar-refractivity contribution >= 4 is 79.7 Å². The van der Waals surface area contributed by atoms with Crippen molar-refractivity contribution in [2.24, 2.45) is 0 Å². The summed E-state index contributed by atoms with van der Waals surface area (Å²) in [5, 5.41) is 6.48. The number of halogens is 4. The molecule has 27 heavy (non-hydrogen) atoms. The third-order valence-corrected chi connectivity index (χ3v) is 5.29. The molecule has 2 rings (SSSR count). The fourth-order valence-electron chi connectivity index (χ4n) is 2.03. The summed E-state index contributed by atoms with van der Waals surface area (Å²) in [6.07, 6.45) is 2.01. The number of hydrogen-bond acceptors (Lipinski definition) is 3. The highest BCUT2D eigenvalue weighted by Gasteiger charge is 2.13. The van der Waals surface area contributed by atoms with Gasteiger partial charge in [-0.3, -0.25) is 10.1 Å². The zero-order chi connectivity index (χ0) is 20.0. The average molecular weight is 511 g/mol. The van der Waals surface area contributed by atoms with Gasteiger partial charge >= 0.3 is 0 Å². The van der Waals surface area contributed by atoms with Gasteiger partial charge in [-0.15, -0.1) is 0 Å². The van der Waals surface area contributed by atoms with Crippen LogP contribution in [-0.4, -0.2) is 17.6 Å². The highest BCUT2D eigenvalue weighted by Crippen LogP contribution is 2.32. The van der Waals surface area contributed by atoms with E-state index in [1.54, 1.807) is 18.2 Å². The van der Waals surface area contributed by atoms with E-state index < -0.39 is 0 Å². The zero-order valence-electron chi connectivity index (χ0n) is 14.2. The normalized spacial score (nSPS) is 10.4. The summed E-state index contributed by atoms with van der Waals surface area (Å²) in [5.74, 6) is 0.313. The Kier molecular flexibility index (Phi) is 8.63. The Balaban J connectivity index is 2.01. The second kappa shape index (κ2) is 10.5. The molecule has 0 aliphatic rings. The third-order valence-electron chi connectivity index (χ3n) is 3.43. The Labute approximate surface area is 186 Å². The van der Waals surface area contributed by atoms with E-state index in [-0.39, 0.29) is 11.0 Å². The van der Waals surface area contributed by atoms with Gasteiger partial charge in [-0.05, 0) is 64.9 Å². The molecule has 2 aromatic carbocycles. The summed E-state index contributed by atoms with van der Waals surface area (Å²) in [5.41, 5.74) is 0.867. The number of rotatable bonds is 6. The number of carbonyl (C=O) groups excluding carboxylic acids is 1. The van der Waals surface area contributed by atoms with Gasteiger partial charge in [0.2, 0.25) is 0 Å². The Hall–Kier alpha value is -1.05. The van der Waals surface area contributed by atoms with Crippen LogP contribution in [0.15, 0.2) is 34.8 Å². The number of benzene rings is 2. The molecule has 0 radical (unpaired) electrons. The highest BCUT2D eigenvalue weighted by atomic mass is 79.9. The second-order valence-electron chi connectivity index (χ2n) is 5.50. The number of anilines is 1. The number of nitrogens with one attached hydrogen (secondary N) is 2. The van der Waals surface area contributed by atoms with Crippen LogP contribution >= 0.6 is 63.0 Å². The standard InChI is InChI=1S/C18H16BrCl3N2O2S/c1-2-3-6-26-16-5-4-10(7-11(16)19)17(25)24-18(27)23-15-9-13(21)12(20)8-14(15)22/h4-5,7-9H,2-3,6H2,1H3,(H2,23,24,25,27). The van der Waals surface area contributed by atoms with E-state index >= 15 is 0 Å². The van der Waals surface area contributed by atoms with Crippen LogP contribution in [0.4, 0.5) is 5.69 Å². The largest absolute Gasteiger partial charge is 0.492 e. The molecule has 2 aromatic rings. The first-order valence-electron chi connectivity index (χ1n) is 8.01. The molecule has 144 valence electrons. The summed E-state index contributed by atoms with van der Waals surface area (Å²) in [6, 6.07) is 8.10. The van der Waals surface area contributed by atoms with Crippen LogP contribution in [0, 0.1) is 0 Å². The Morgan fingerprint density at radius 1 is 1.15 bits per heavy atom. The van der Waals surface area contributed by atoms with E-state index in [0.717, 1.165) is 12.8 Å². The zero-order valence-corrected chi connectivity index (χ0v) is 18.9. The van der Waals surface area contributed by atoms with Gasteiger partial charge in [0.15, 0.2) is 5.11 Å². The number of amides is 1. The molecule has 0 aliphatic heterocycles. The van der Waals surface area contributed by atoms with Crippen molar-refractivity contribution in [2.45, 2.75) is 19.8 Å². The minimum atomic E-state index is -0.371. The van der Waals surface area contributed by atoms with E-state index in [4.69, 9.17) is 51.8 Å². The molecule has 0 unspecified atom stereocenters. The SMILES string of the molecule is CCCCOc1ccc(C(=O)NC(=S)Nc2cc(Cl)c(Cl)cc2Cl)cc1Br. The molecule has 0 saturated carbocycles. The average Bonchev–Trinajstić information content (AvgIpc) is 2.61.